The van der Waals surface area contributed by atoms with Crippen molar-refractivity contribution in [3.8, 4) is 0 Å². The van der Waals surface area contributed by atoms with Crippen LogP contribution in [0.1, 0.15) is 84.9 Å². The van der Waals surface area contributed by atoms with Crippen LogP contribution in [-0.2, 0) is 9.59 Å². The van der Waals surface area contributed by atoms with Crippen molar-refractivity contribution in [1.29, 1.82) is 0 Å². The lowest BCUT2D eigenvalue weighted by Gasteiger charge is -2.30. The predicted octanol–water partition coefficient (Wildman–Crippen LogP) is 2.92. The van der Waals surface area contributed by atoms with Crippen LogP contribution in [-0.4, -0.2) is 94.6 Å². The molecule has 4 saturated heterocycles. The van der Waals surface area contributed by atoms with Gasteiger partial charge in [-0.3, -0.25) is 19.2 Å². The number of carbonyl (C=O) groups excluding carboxylic acids is 4. The van der Waals surface area contributed by atoms with E-state index in [2.05, 4.69) is 0 Å². The average molecular weight is 495 g/mol. The van der Waals surface area contributed by atoms with E-state index in [0.29, 0.717) is 37.1 Å². The second kappa shape index (κ2) is 11.0. The fourth-order valence-electron chi connectivity index (χ4n) is 6.30. The number of carbonyl (C=O) groups is 4. The zero-order valence-corrected chi connectivity index (χ0v) is 21.2. The number of amides is 4. The van der Waals surface area contributed by atoms with E-state index in [1.807, 2.05) is 9.80 Å². The number of hydrogen-bond donors (Lipinski definition) is 0. The summed E-state index contributed by atoms with van der Waals surface area (Å²) in [4.78, 5) is 60.5. The molecule has 0 unspecified atom stereocenters. The van der Waals surface area contributed by atoms with Gasteiger partial charge in [0.25, 0.3) is 11.8 Å². The maximum Gasteiger partial charge on any atom is 0.254 e. The third-order valence-electron chi connectivity index (χ3n) is 8.29. The van der Waals surface area contributed by atoms with E-state index in [9.17, 15) is 19.2 Å². The van der Waals surface area contributed by atoms with Gasteiger partial charge in [-0.15, -0.1) is 0 Å². The van der Waals surface area contributed by atoms with E-state index in [-0.39, 0.29) is 23.6 Å². The Bertz CT molecular complexity index is 997. The summed E-state index contributed by atoms with van der Waals surface area (Å²) in [6.45, 7) is 4.20. The number of rotatable bonds is 4. The van der Waals surface area contributed by atoms with Gasteiger partial charge in [0.2, 0.25) is 11.8 Å². The molecular weight excluding hydrogens is 456 g/mol. The molecule has 8 nitrogen and oxygen atoms in total. The quantitative estimate of drug-likeness (QED) is 0.645. The zero-order valence-electron chi connectivity index (χ0n) is 21.2. The Balaban J connectivity index is 1.29. The molecule has 0 spiro atoms. The molecule has 0 N–H and O–H groups in total. The number of hydrogen-bond acceptors (Lipinski definition) is 4. The largest absolute Gasteiger partial charge is 0.341 e. The van der Waals surface area contributed by atoms with Gasteiger partial charge >= 0.3 is 0 Å². The Morgan fingerprint density at radius 2 is 0.972 bits per heavy atom. The van der Waals surface area contributed by atoms with Crippen LogP contribution in [0.4, 0.5) is 0 Å². The SMILES string of the molecule is O=C([C@H]1CCCN1C(=O)c1cccc(C(=O)N2CCC[C@H]2C(=O)N2CCCCCC2)c1)N1CCCC1. The summed E-state index contributed by atoms with van der Waals surface area (Å²) in [6, 6.07) is 5.99. The monoisotopic (exact) mass is 494 g/mol. The molecule has 0 saturated carbocycles. The van der Waals surface area contributed by atoms with Crippen LogP contribution in [0, 0.1) is 0 Å². The first-order valence-electron chi connectivity index (χ1n) is 13.8. The molecule has 4 aliphatic heterocycles. The summed E-state index contributed by atoms with van der Waals surface area (Å²) in [7, 11) is 0. The number of nitrogens with zero attached hydrogens (tertiary/aromatic N) is 4. The Kier molecular flexibility index (Phi) is 7.58. The van der Waals surface area contributed by atoms with E-state index < -0.39 is 12.1 Å². The van der Waals surface area contributed by atoms with Gasteiger partial charge in [-0.2, -0.15) is 0 Å². The average Bonchev–Trinajstić information content (AvgIpc) is 3.67. The lowest BCUT2D eigenvalue weighted by molar-refractivity contribution is -0.135. The van der Waals surface area contributed by atoms with E-state index in [0.717, 1.165) is 77.5 Å². The maximum atomic E-state index is 13.5. The topological polar surface area (TPSA) is 81.2 Å². The number of benzene rings is 1. The first kappa shape index (κ1) is 24.8. The summed E-state index contributed by atoms with van der Waals surface area (Å²) in [5.74, 6) is -0.271. The molecule has 8 heteroatoms. The van der Waals surface area contributed by atoms with Crippen LogP contribution in [0.5, 0.6) is 0 Å². The standard InChI is InChI=1S/C28H38N4O4/c33-25(31-18-8-12-23(31)27(35)29-14-3-1-2-4-15-29)21-10-7-11-22(20-21)26(34)32-19-9-13-24(32)28(36)30-16-5-6-17-30/h7,10-11,20,23-24H,1-6,8-9,12-19H2/t23-,24+/m0/s1. The highest BCUT2D eigenvalue weighted by Gasteiger charge is 2.39. The minimum Gasteiger partial charge on any atom is -0.341 e. The highest BCUT2D eigenvalue weighted by atomic mass is 16.2. The Morgan fingerprint density at radius 1 is 0.556 bits per heavy atom. The Labute approximate surface area is 213 Å². The molecule has 194 valence electrons. The predicted molar refractivity (Wildman–Crippen MR) is 135 cm³/mol. The molecular formula is C28H38N4O4. The highest BCUT2D eigenvalue weighted by Crippen LogP contribution is 2.26. The van der Waals surface area contributed by atoms with Crippen LogP contribution < -0.4 is 0 Å². The Hall–Kier alpha value is -2.90. The molecule has 4 amide bonds. The molecule has 0 aliphatic carbocycles. The van der Waals surface area contributed by atoms with Gasteiger partial charge in [-0.1, -0.05) is 18.9 Å². The summed E-state index contributed by atoms with van der Waals surface area (Å²) < 4.78 is 0. The molecule has 0 aromatic heterocycles. The molecule has 0 bridgehead atoms. The first-order chi connectivity index (χ1) is 17.5. The van der Waals surface area contributed by atoms with Gasteiger partial charge in [0.15, 0.2) is 0 Å². The normalized spacial score (nSPS) is 24.8. The lowest BCUT2D eigenvalue weighted by Crippen LogP contribution is -2.48. The molecule has 4 fully saturated rings. The van der Waals surface area contributed by atoms with E-state index in [4.69, 9.17) is 0 Å². The van der Waals surface area contributed by atoms with Crippen molar-refractivity contribution in [2.45, 2.75) is 76.3 Å². The van der Waals surface area contributed by atoms with Gasteiger partial charge in [-0.05, 0) is 69.6 Å². The third kappa shape index (κ3) is 5.00. The summed E-state index contributed by atoms with van der Waals surface area (Å²) >= 11 is 0. The van der Waals surface area contributed by atoms with Crippen molar-refractivity contribution in [1.82, 2.24) is 19.6 Å². The Morgan fingerprint density at radius 3 is 1.42 bits per heavy atom. The first-order valence-corrected chi connectivity index (χ1v) is 13.8. The molecule has 1 aromatic carbocycles. The minimum absolute atomic E-state index is 0.0533. The second-order valence-corrected chi connectivity index (χ2v) is 10.7. The van der Waals surface area contributed by atoms with Gasteiger partial charge in [-0.25, -0.2) is 0 Å². The summed E-state index contributed by atoms with van der Waals surface area (Å²) in [6.07, 6.45) is 9.39. The third-order valence-corrected chi connectivity index (χ3v) is 8.29. The van der Waals surface area contributed by atoms with Crippen molar-refractivity contribution < 1.29 is 19.2 Å². The molecule has 36 heavy (non-hydrogen) atoms. The van der Waals surface area contributed by atoms with Crippen molar-refractivity contribution in [3.63, 3.8) is 0 Å². The second-order valence-electron chi connectivity index (χ2n) is 10.7. The van der Waals surface area contributed by atoms with Crippen molar-refractivity contribution in [2.75, 3.05) is 39.3 Å². The van der Waals surface area contributed by atoms with Crippen molar-refractivity contribution in [2.24, 2.45) is 0 Å². The number of likely N-dealkylation sites (tertiary alicyclic amines) is 4. The van der Waals surface area contributed by atoms with Gasteiger partial charge < -0.3 is 19.6 Å². The minimum atomic E-state index is -0.420. The lowest BCUT2D eigenvalue weighted by atomic mass is 10.1. The van der Waals surface area contributed by atoms with Gasteiger partial charge in [0, 0.05) is 50.4 Å². The van der Waals surface area contributed by atoms with Crippen LogP contribution >= 0.6 is 0 Å². The van der Waals surface area contributed by atoms with Crippen molar-refractivity contribution in [3.05, 3.63) is 35.4 Å². The molecule has 5 rings (SSSR count). The maximum absolute atomic E-state index is 13.5. The summed E-state index contributed by atoms with van der Waals surface area (Å²) in [5.41, 5.74) is 0.856. The fourth-order valence-corrected chi connectivity index (χ4v) is 6.30. The van der Waals surface area contributed by atoms with Crippen molar-refractivity contribution >= 4 is 23.6 Å². The van der Waals surface area contributed by atoms with Gasteiger partial charge in [0.1, 0.15) is 12.1 Å². The summed E-state index contributed by atoms with van der Waals surface area (Å²) in [5, 5.41) is 0. The van der Waals surface area contributed by atoms with Crippen LogP contribution in [0.15, 0.2) is 24.3 Å². The van der Waals surface area contributed by atoms with E-state index in [1.54, 1.807) is 34.1 Å². The molecule has 4 heterocycles. The smallest absolute Gasteiger partial charge is 0.254 e. The fraction of sp³-hybridized carbons (Fsp3) is 0.643. The molecule has 1 aromatic rings. The van der Waals surface area contributed by atoms with Crippen LogP contribution in [0.2, 0.25) is 0 Å². The molecule has 0 radical (unpaired) electrons. The van der Waals surface area contributed by atoms with Crippen LogP contribution in [0.25, 0.3) is 0 Å². The zero-order chi connectivity index (χ0) is 25.1. The van der Waals surface area contributed by atoms with Gasteiger partial charge in [0.05, 0.1) is 0 Å². The van der Waals surface area contributed by atoms with Crippen LogP contribution in [0.3, 0.4) is 0 Å². The molecule has 2 atom stereocenters. The van der Waals surface area contributed by atoms with E-state index >= 15 is 0 Å². The molecule has 4 aliphatic rings. The van der Waals surface area contributed by atoms with E-state index in [1.165, 1.54) is 0 Å². The highest BCUT2D eigenvalue weighted by molar-refractivity contribution is 6.02.